The van der Waals surface area contributed by atoms with E-state index in [1.165, 1.54) is 22.8 Å². The zero-order valence-corrected chi connectivity index (χ0v) is 23.0. The third-order valence-corrected chi connectivity index (χ3v) is 7.59. The first kappa shape index (κ1) is 26.9. The number of rotatable bonds is 5. The number of ether oxygens (including phenoxy) is 1. The van der Waals surface area contributed by atoms with Crippen molar-refractivity contribution in [3.8, 4) is 11.3 Å². The van der Waals surface area contributed by atoms with Crippen LogP contribution in [0.4, 0.5) is 13.2 Å². The molecule has 6 nitrogen and oxygen atoms in total. The van der Waals surface area contributed by atoms with Crippen molar-refractivity contribution in [1.82, 2.24) is 4.57 Å². The molecule has 0 bridgehead atoms. The average molecular weight is 617 g/mol. The number of esters is 1. The molecule has 200 valence electrons. The fourth-order valence-electron chi connectivity index (χ4n) is 4.32. The van der Waals surface area contributed by atoms with E-state index in [0.717, 1.165) is 27.9 Å². The van der Waals surface area contributed by atoms with E-state index in [0.29, 0.717) is 20.6 Å². The van der Waals surface area contributed by atoms with E-state index in [4.69, 9.17) is 9.15 Å². The highest BCUT2D eigenvalue weighted by Gasteiger charge is 2.33. The van der Waals surface area contributed by atoms with Crippen molar-refractivity contribution in [1.29, 1.82) is 0 Å². The standard InChI is InChI=1S/C28H20BrF3N2O4S/c1-3-37-26(36)23-15(2)33-27-34(24(23)16-7-9-19(29)10-8-16)25(35)22(39-27)14-20-11-12-21(38-20)17-5-4-6-18(13-17)28(30,31)32/h4-14,24H,3H2,1-2H3/b22-14+. The summed E-state index contributed by atoms with van der Waals surface area (Å²) in [5, 5.41) is 0. The highest BCUT2D eigenvalue weighted by Crippen LogP contribution is 2.33. The molecular weight excluding hydrogens is 597 g/mol. The molecule has 4 aromatic rings. The molecule has 0 aliphatic carbocycles. The molecule has 0 saturated heterocycles. The molecule has 3 heterocycles. The topological polar surface area (TPSA) is 73.8 Å². The van der Waals surface area contributed by atoms with Crippen LogP contribution in [0, 0.1) is 0 Å². The number of fused-ring (bicyclic) bond motifs is 1. The Hall–Kier alpha value is -3.70. The number of hydrogen-bond donors (Lipinski definition) is 0. The predicted molar refractivity (Wildman–Crippen MR) is 144 cm³/mol. The van der Waals surface area contributed by atoms with E-state index in [2.05, 4.69) is 20.9 Å². The number of halogens is 4. The lowest BCUT2D eigenvalue weighted by Crippen LogP contribution is -2.39. The molecule has 0 saturated carbocycles. The van der Waals surface area contributed by atoms with E-state index in [1.54, 1.807) is 26.0 Å². The van der Waals surface area contributed by atoms with Crippen molar-refractivity contribution < 1.29 is 27.1 Å². The number of furan rings is 1. The van der Waals surface area contributed by atoms with Crippen LogP contribution >= 0.6 is 27.3 Å². The Kier molecular flexibility index (Phi) is 7.21. The normalized spacial score (nSPS) is 15.7. The number of nitrogens with zero attached hydrogens (tertiary/aromatic N) is 2. The average Bonchev–Trinajstić information content (AvgIpc) is 3.48. The van der Waals surface area contributed by atoms with E-state index in [9.17, 15) is 22.8 Å². The Morgan fingerprint density at radius 2 is 1.92 bits per heavy atom. The number of thiazole rings is 1. The monoisotopic (exact) mass is 616 g/mol. The third kappa shape index (κ3) is 5.28. The van der Waals surface area contributed by atoms with Gasteiger partial charge >= 0.3 is 12.1 Å². The molecule has 11 heteroatoms. The maximum absolute atomic E-state index is 13.7. The van der Waals surface area contributed by atoms with Gasteiger partial charge in [0.25, 0.3) is 5.56 Å². The molecule has 1 unspecified atom stereocenters. The summed E-state index contributed by atoms with van der Waals surface area (Å²) >= 11 is 4.53. The van der Waals surface area contributed by atoms with Gasteiger partial charge in [-0.1, -0.05) is 51.5 Å². The van der Waals surface area contributed by atoms with Gasteiger partial charge in [-0.15, -0.1) is 0 Å². The van der Waals surface area contributed by atoms with Crippen molar-refractivity contribution in [2.24, 2.45) is 4.99 Å². The minimum atomic E-state index is -4.48. The van der Waals surface area contributed by atoms with Crippen molar-refractivity contribution in [3.63, 3.8) is 0 Å². The SMILES string of the molecule is CCOC(=O)C1=C(C)N=c2s/c(=C/c3ccc(-c4cccc(C(F)(F)F)c4)o3)c(=O)n2C1c1ccc(Br)cc1. The number of allylic oxidation sites excluding steroid dienone is 1. The van der Waals surface area contributed by atoms with Crippen molar-refractivity contribution in [2.45, 2.75) is 26.1 Å². The number of benzene rings is 2. The summed E-state index contributed by atoms with van der Waals surface area (Å²) in [6.45, 7) is 3.57. The molecule has 39 heavy (non-hydrogen) atoms. The summed E-state index contributed by atoms with van der Waals surface area (Å²) in [4.78, 5) is 31.5. The third-order valence-electron chi connectivity index (χ3n) is 6.08. The van der Waals surface area contributed by atoms with Crippen LogP contribution in [0.15, 0.2) is 90.6 Å². The van der Waals surface area contributed by atoms with Crippen LogP contribution in [0.5, 0.6) is 0 Å². The van der Waals surface area contributed by atoms with Gasteiger partial charge in [0.1, 0.15) is 11.5 Å². The van der Waals surface area contributed by atoms with E-state index in [1.807, 2.05) is 24.3 Å². The quantitative estimate of drug-likeness (QED) is 0.264. The van der Waals surface area contributed by atoms with Crippen molar-refractivity contribution in [3.05, 3.63) is 113 Å². The number of aromatic nitrogens is 1. The Bertz CT molecular complexity index is 1780. The molecule has 0 N–H and O–H groups in total. The second-order valence-corrected chi connectivity index (χ2v) is 10.6. The summed E-state index contributed by atoms with van der Waals surface area (Å²) in [5.41, 5.74) is 0.496. The fraction of sp³-hybridized carbons (Fsp3) is 0.179. The summed E-state index contributed by atoms with van der Waals surface area (Å²) < 4.78 is 53.1. The highest BCUT2D eigenvalue weighted by molar-refractivity contribution is 9.10. The first-order valence-corrected chi connectivity index (χ1v) is 13.4. The lowest BCUT2D eigenvalue weighted by molar-refractivity contribution is -0.139. The first-order chi connectivity index (χ1) is 18.6. The molecule has 1 aliphatic heterocycles. The summed E-state index contributed by atoms with van der Waals surface area (Å²) in [7, 11) is 0. The van der Waals surface area contributed by atoms with Crippen LogP contribution in [-0.2, 0) is 15.7 Å². The lowest BCUT2D eigenvalue weighted by Gasteiger charge is -2.24. The van der Waals surface area contributed by atoms with Crippen molar-refractivity contribution >= 4 is 39.3 Å². The Balaban J connectivity index is 1.60. The molecule has 1 atom stereocenters. The van der Waals surface area contributed by atoms with Gasteiger partial charge < -0.3 is 9.15 Å². The number of hydrogen-bond acceptors (Lipinski definition) is 6. The molecule has 1 aliphatic rings. The van der Waals surface area contributed by atoms with Crippen LogP contribution in [0.3, 0.4) is 0 Å². The first-order valence-electron chi connectivity index (χ1n) is 11.8. The number of carbonyl (C=O) groups is 1. The molecule has 0 radical (unpaired) electrons. The summed E-state index contributed by atoms with van der Waals surface area (Å²) in [5.74, 6) is -0.0415. The van der Waals surface area contributed by atoms with Gasteiger partial charge in [0.15, 0.2) is 4.80 Å². The van der Waals surface area contributed by atoms with Gasteiger partial charge in [0.2, 0.25) is 0 Å². The maximum atomic E-state index is 13.7. The zero-order valence-electron chi connectivity index (χ0n) is 20.6. The van der Waals surface area contributed by atoms with Crippen LogP contribution < -0.4 is 14.9 Å². The van der Waals surface area contributed by atoms with Crippen LogP contribution in [0.2, 0.25) is 0 Å². The van der Waals surface area contributed by atoms with Gasteiger partial charge in [-0.2, -0.15) is 13.2 Å². The Morgan fingerprint density at radius 3 is 2.62 bits per heavy atom. The largest absolute Gasteiger partial charge is 0.463 e. The van der Waals surface area contributed by atoms with Gasteiger partial charge in [0.05, 0.1) is 34.0 Å². The molecule has 0 spiro atoms. The second-order valence-electron chi connectivity index (χ2n) is 8.63. The van der Waals surface area contributed by atoms with Crippen LogP contribution in [0.1, 0.15) is 36.8 Å². The summed E-state index contributed by atoms with van der Waals surface area (Å²) in [6.07, 6.45) is -2.96. The molecular formula is C28H20BrF3N2O4S. The Labute approximate surface area is 232 Å². The number of carbonyl (C=O) groups excluding carboxylic acids is 1. The van der Waals surface area contributed by atoms with Crippen LogP contribution in [0.25, 0.3) is 17.4 Å². The number of alkyl halides is 3. The van der Waals surface area contributed by atoms with E-state index >= 15 is 0 Å². The van der Waals surface area contributed by atoms with E-state index < -0.39 is 29.3 Å². The zero-order chi connectivity index (χ0) is 27.9. The molecule has 0 fully saturated rings. The lowest BCUT2D eigenvalue weighted by atomic mass is 9.96. The van der Waals surface area contributed by atoms with Crippen LogP contribution in [-0.4, -0.2) is 17.1 Å². The van der Waals surface area contributed by atoms with E-state index in [-0.39, 0.29) is 29.3 Å². The minimum Gasteiger partial charge on any atom is -0.463 e. The van der Waals surface area contributed by atoms with Gasteiger partial charge in [0, 0.05) is 16.1 Å². The summed E-state index contributed by atoms with van der Waals surface area (Å²) in [6, 6.07) is 14.5. The second kappa shape index (κ2) is 10.5. The molecule has 2 aromatic heterocycles. The minimum absolute atomic E-state index is 0.166. The maximum Gasteiger partial charge on any atom is 0.416 e. The predicted octanol–water partition coefficient (Wildman–Crippen LogP) is 5.84. The van der Waals surface area contributed by atoms with Crippen molar-refractivity contribution in [2.75, 3.05) is 6.61 Å². The van der Waals surface area contributed by atoms with Gasteiger partial charge in [-0.05, 0) is 55.8 Å². The Morgan fingerprint density at radius 1 is 1.18 bits per heavy atom. The molecule has 2 aromatic carbocycles. The highest BCUT2D eigenvalue weighted by atomic mass is 79.9. The molecule has 5 rings (SSSR count). The van der Waals surface area contributed by atoms with Gasteiger partial charge in [-0.25, -0.2) is 9.79 Å². The fourth-order valence-corrected chi connectivity index (χ4v) is 5.61. The molecule has 0 amide bonds. The van der Waals surface area contributed by atoms with Gasteiger partial charge in [-0.3, -0.25) is 9.36 Å². The smallest absolute Gasteiger partial charge is 0.416 e.